The molecule has 4 atom stereocenters. The summed E-state index contributed by atoms with van der Waals surface area (Å²) in [5.74, 6) is 0.370. The number of hydrogen-bond acceptors (Lipinski definition) is 3. The van der Waals surface area contributed by atoms with Crippen molar-refractivity contribution in [2.24, 2.45) is 5.92 Å². The van der Waals surface area contributed by atoms with E-state index in [2.05, 4.69) is 24.5 Å². The number of carbonyl (C=O) groups excluding carboxylic acids is 1. The van der Waals surface area contributed by atoms with Gasteiger partial charge in [-0.2, -0.15) is 0 Å². The molecule has 0 radical (unpaired) electrons. The molecule has 2 saturated heterocycles. The third kappa shape index (κ3) is 2.80. The van der Waals surface area contributed by atoms with Crippen molar-refractivity contribution in [1.82, 2.24) is 10.6 Å². The lowest BCUT2D eigenvalue weighted by Crippen LogP contribution is -2.54. The van der Waals surface area contributed by atoms with Crippen LogP contribution in [0.5, 0.6) is 0 Å². The predicted octanol–water partition coefficient (Wildman–Crippen LogP) is 1.06. The standard InChI is InChI=1S/C13H24N2O2/c1-9-8-11(4-6-14-9)12(16)15-13(3)5-7-17-10(13)2/h9-11,14H,4-8H2,1-3H3,(H,15,16). The van der Waals surface area contributed by atoms with E-state index in [0.29, 0.717) is 6.04 Å². The van der Waals surface area contributed by atoms with Crippen molar-refractivity contribution in [1.29, 1.82) is 0 Å². The third-order valence-electron chi connectivity index (χ3n) is 4.29. The zero-order valence-electron chi connectivity index (χ0n) is 11.1. The van der Waals surface area contributed by atoms with Gasteiger partial charge in [-0.05, 0) is 46.6 Å². The van der Waals surface area contributed by atoms with Gasteiger partial charge in [0, 0.05) is 18.6 Å². The van der Waals surface area contributed by atoms with Crippen molar-refractivity contribution in [2.75, 3.05) is 13.2 Å². The molecule has 2 heterocycles. The van der Waals surface area contributed by atoms with Crippen LogP contribution in [0.1, 0.15) is 40.0 Å². The Hall–Kier alpha value is -0.610. The lowest BCUT2D eigenvalue weighted by atomic mass is 9.89. The number of rotatable bonds is 2. The van der Waals surface area contributed by atoms with Gasteiger partial charge >= 0.3 is 0 Å². The molecule has 2 fully saturated rings. The highest BCUT2D eigenvalue weighted by Crippen LogP contribution is 2.26. The molecule has 0 aromatic rings. The number of piperidine rings is 1. The normalized spacial score (nSPS) is 42.4. The Morgan fingerprint density at radius 2 is 2.24 bits per heavy atom. The quantitative estimate of drug-likeness (QED) is 0.759. The first-order chi connectivity index (χ1) is 8.01. The van der Waals surface area contributed by atoms with E-state index in [4.69, 9.17) is 4.74 Å². The van der Waals surface area contributed by atoms with Gasteiger partial charge in [0.15, 0.2) is 0 Å². The average Bonchev–Trinajstić information content (AvgIpc) is 2.59. The first-order valence-corrected chi connectivity index (χ1v) is 6.68. The summed E-state index contributed by atoms with van der Waals surface area (Å²) in [5, 5.41) is 6.58. The van der Waals surface area contributed by atoms with Crippen molar-refractivity contribution in [3.8, 4) is 0 Å². The van der Waals surface area contributed by atoms with Gasteiger partial charge < -0.3 is 15.4 Å². The lowest BCUT2D eigenvalue weighted by Gasteiger charge is -2.33. The van der Waals surface area contributed by atoms with Gasteiger partial charge in [-0.25, -0.2) is 0 Å². The fourth-order valence-corrected chi connectivity index (χ4v) is 2.75. The van der Waals surface area contributed by atoms with Crippen molar-refractivity contribution >= 4 is 5.91 Å². The monoisotopic (exact) mass is 240 g/mol. The zero-order valence-corrected chi connectivity index (χ0v) is 11.1. The molecule has 0 aromatic carbocycles. The lowest BCUT2D eigenvalue weighted by molar-refractivity contribution is -0.128. The summed E-state index contributed by atoms with van der Waals surface area (Å²) in [6.07, 6.45) is 2.92. The molecular formula is C13H24N2O2. The van der Waals surface area contributed by atoms with Crippen LogP contribution in [0.25, 0.3) is 0 Å². The van der Waals surface area contributed by atoms with E-state index in [0.717, 1.165) is 32.4 Å². The summed E-state index contributed by atoms with van der Waals surface area (Å²) in [5.41, 5.74) is -0.175. The van der Waals surface area contributed by atoms with Crippen molar-refractivity contribution in [2.45, 2.75) is 57.7 Å². The van der Waals surface area contributed by atoms with Crippen molar-refractivity contribution in [3.63, 3.8) is 0 Å². The van der Waals surface area contributed by atoms with E-state index in [9.17, 15) is 4.79 Å². The van der Waals surface area contributed by atoms with Crippen LogP contribution in [0.15, 0.2) is 0 Å². The Kier molecular flexibility index (Phi) is 3.73. The maximum atomic E-state index is 12.3. The molecule has 4 heteroatoms. The number of amides is 1. The molecule has 0 saturated carbocycles. The Morgan fingerprint density at radius 1 is 1.47 bits per heavy atom. The molecular weight excluding hydrogens is 216 g/mol. The molecule has 2 N–H and O–H groups in total. The van der Waals surface area contributed by atoms with Gasteiger partial charge in [-0.1, -0.05) is 0 Å². The van der Waals surface area contributed by atoms with E-state index in [1.54, 1.807) is 0 Å². The highest BCUT2D eigenvalue weighted by Gasteiger charge is 2.39. The van der Waals surface area contributed by atoms with E-state index >= 15 is 0 Å². The summed E-state index contributed by atoms with van der Waals surface area (Å²) >= 11 is 0. The Bertz CT molecular complexity index is 295. The summed E-state index contributed by atoms with van der Waals surface area (Å²) in [4.78, 5) is 12.3. The largest absolute Gasteiger partial charge is 0.376 e. The highest BCUT2D eigenvalue weighted by atomic mass is 16.5. The number of hydrogen-bond donors (Lipinski definition) is 2. The molecule has 0 spiro atoms. The van der Waals surface area contributed by atoms with E-state index in [-0.39, 0.29) is 23.5 Å². The smallest absolute Gasteiger partial charge is 0.223 e. The zero-order chi connectivity index (χ0) is 12.5. The fourth-order valence-electron chi connectivity index (χ4n) is 2.75. The van der Waals surface area contributed by atoms with Crippen LogP contribution in [0.4, 0.5) is 0 Å². The van der Waals surface area contributed by atoms with Gasteiger partial charge in [0.1, 0.15) is 0 Å². The molecule has 2 aliphatic heterocycles. The topological polar surface area (TPSA) is 50.4 Å². The minimum absolute atomic E-state index is 0.116. The average molecular weight is 240 g/mol. The summed E-state index contributed by atoms with van der Waals surface area (Å²) in [6.45, 7) is 7.97. The number of ether oxygens (including phenoxy) is 1. The highest BCUT2D eigenvalue weighted by molar-refractivity contribution is 5.79. The number of nitrogens with one attached hydrogen (secondary N) is 2. The predicted molar refractivity (Wildman–Crippen MR) is 66.8 cm³/mol. The Labute approximate surface area is 103 Å². The summed E-state index contributed by atoms with van der Waals surface area (Å²) < 4.78 is 5.55. The van der Waals surface area contributed by atoms with E-state index in [1.807, 2.05) is 6.92 Å². The van der Waals surface area contributed by atoms with Gasteiger partial charge in [-0.15, -0.1) is 0 Å². The Morgan fingerprint density at radius 3 is 2.82 bits per heavy atom. The third-order valence-corrected chi connectivity index (χ3v) is 4.29. The van der Waals surface area contributed by atoms with Crippen LogP contribution >= 0.6 is 0 Å². The van der Waals surface area contributed by atoms with Gasteiger partial charge in [0.2, 0.25) is 5.91 Å². The second-order valence-corrected chi connectivity index (χ2v) is 5.75. The number of carbonyl (C=O) groups is 1. The molecule has 1 amide bonds. The van der Waals surface area contributed by atoms with Gasteiger partial charge in [0.05, 0.1) is 11.6 Å². The molecule has 2 rings (SSSR count). The molecule has 4 nitrogen and oxygen atoms in total. The maximum Gasteiger partial charge on any atom is 0.223 e. The molecule has 0 bridgehead atoms. The molecule has 0 aliphatic carbocycles. The summed E-state index contributed by atoms with van der Waals surface area (Å²) in [6, 6.07) is 0.449. The van der Waals surface area contributed by atoms with E-state index in [1.165, 1.54) is 0 Å². The SMILES string of the molecule is CC1CC(C(=O)NC2(C)CCOC2C)CCN1. The van der Waals surface area contributed by atoms with E-state index < -0.39 is 0 Å². The second kappa shape index (κ2) is 4.94. The minimum atomic E-state index is -0.175. The van der Waals surface area contributed by atoms with Crippen molar-refractivity contribution < 1.29 is 9.53 Å². The van der Waals surface area contributed by atoms with Crippen molar-refractivity contribution in [3.05, 3.63) is 0 Å². The van der Waals surface area contributed by atoms with Gasteiger partial charge in [0.25, 0.3) is 0 Å². The first-order valence-electron chi connectivity index (χ1n) is 6.68. The van der Waals surface area contributed by atoms with Crippen LogP contribution in [0, 0.1) is 5.92 Å². The molecule has 2 aliphatic rings. The van der Waals surface area contributed by atoms with Crippen LogP contribution in [-0.4, -0.2) is 36.7 Å². The van der Waals surface area contributed by atoms with Crippen LogP contribution in [0.3, 0.4) is 0 Å². The molecule has 0 aromatic heterocycles. The maximum absolute atomic E-state index is 12.3. The van der Waals surface area contributed by atoms with Crippen LogP contribution in [-0.2, 0) is 9.53 Å². The van der Waals surface area contributed by atoms with Crippen LogP contribution in [0.2, 0.25) is 0 Å². The fraction of sp³-hybridized carbons (Fsp3) is 0.923. The molecule has 4 unspecified atom stereocenters. The molecule has 98 valence electrons. The van der Waals surface area contributed by atoms with Crippen LogP contribution < -0.4 is 10.6 Å². The minimum Gasteiger partial charge on any atom is -0.376 e. The first kappa shape index (κ1) is 12.8. The second-order valence-electron chi connectivity index (χ2n) is 5.75. The Balaban J connectivity index is 1.92. The summed E-state index contributed by atoms with van der Waals surface area (Å²) in [7, 11) is 0. The molecule has 17 heavy (non-hydrogen) atoms. The van der Waals surface area contributed by atoms with Gasteiger partial charge in [-0.3, -0.25) is 4.79 Å².